The van der Waals surface area contributed by atoms with Gasteiger partial charge in [0.05, 0.1) is 13.7 Å². The summed E-state index contributed by atoms with van der Waals surface area (Å²) in [7, 11) is 3.60. The Morgan fingerprint density at radius 1 is 1.25 bits per heavy atom. The van der Waals surface area contributed by atoms with Crippen molar-refractivity contribution in [3.8, 4) is 11.5 Å². The molecule has 0 aliphatic carbocycles. The van der Waals surface area contributed by atoms with Crippen LogP contribution in [0.2, 0.25) is 0 Å². The highest BCUT2D eigenvalue weighted by Gasteiger charge is 2.05. The Kier molecular flexibility index (Phi) is 5.72. The highest BCUT2D eigenvalue weighted by molar-refractivity contribution is 5.42. The van der Waals surface area contributed by atoms with Crippen LogP contribution >= 0.6 is 0 Å². The van der Waals surface area contributed by atoms with Crippen LogP contribution in [0.5, 0.6) is 11.5 Å². The van der Waals surface area contributed by atoms with E-state index in [4.69, 9.17) is 9.47 Å². The van der Waals surface area contributed by atoms with E-state index in [1.807, 2.05) is 25.2 Å². The van der Waals surface area contributed by atoms with Gasteiger partial charge in [0.1, 0.15) is 0 Å². The molecule has 16 heavy (non-hydrogen) atoms. The minimum absolute atomic E-state index is 0.746. The summed E-state index contributed by atoms with van der Waals surface area (Å²) in [5.41, 5.74) is 1.20. The van der Waals surface area contributed by atoms with Crippen molar-refractivity contribution in [2.24, 2.45) is 0 Å². The van der Waals surface area contributed by atoms with E-state index >= 15 is 0 Å². The maximum Gasteiger partial charge on any atom is 0.161 e. The van der Waals surface area contributed by atoms with Crippen LogP contribution in [-0.2, 0) is 6.54 Å². The molecule has 0 atom stereocenters. The third-order valence-electron chi connectivity index (χ3n) is 2.36. The number of methoxy groups -OCH3 is 1. The van der Waals surface area contributed by atoms with Crippen molar-refractivity contribution in [3.63, 3.8) is 0 Å². The number of hydrogen-bond donors (Lipinski definition) is 1. The second-order valence-electron chi connectivity index (χ2n) is 3.72. The van der Waals surface area contributed by atoms with Gasteiger partial charge in [-0.25, -0.2) is 0 Å². The summed E-state index contributed by atoms with van der Waals surface area (Å²) in [6.07, 6.45) is 2.21. The molecule has 0 amide bonds. The summed E-state index contributed by atoms with van der Waals surface area (Å²) in [6.45, 7) is 3.74. The molecule has 0 spiro atoms. The normalized spacial score (nSPS) is 10.2. The van der Waals surface area contributed by atoms with Gasteiger partial charge in [0, 0.05) is 6.54 Å². The van der Waals surface area contributed by atoms with E-state index in [9.17, 15) is 0 Å². The molecule has 3 heteroatoms. The van der Waals surface area contributed by atoms with Crippen molar-refractivity contribution >= 4 is 0 Å². The monoisotopic (exact) mass is 223 g/mol. The molecule has 0 fully saturated rings. The molecule has 0 saturated carbocycles. The standard InChI is InChI=1S/C13H21NO2/c1-4-5-8-16-13-9-11(10-14-2)6-7-12(13)15-3/h6-7,9,14H,4-5,8,10H2,1-3H3. The van der Waals surface area contributed by atoms with Gasteiger partial charge >= 0.3 is 0 Å². The molecule has 0 radical (unpaired) electrons. The number of nitrogens with one attached hydrogen (secondary N) is 1. The van der Waals surface area contributed by atoms with E-state index in [2.05, 4.69) is 12.2 Å². The third kappa shape index (κ3) is 3.74. The van der Waals surface area contributed by atoms with E-state index < -0.39 is 0 Å². The molecule has 0 bridgehead atoms. The van der Waals surface area contributed by atoms with E-state index in [0.717, 1.165) is 37.5 Å². The molecule has 0 aliphatic rings. The number of ether oxygens (including phenoxy) is 2. The summed E-state index contributed by atoms with van der Waals surface area (Å²) in [5.74, 6) is 1.64. The Labute approximate surface area is 97.8 Å². The zero-order chi connectivity index (χ0) is 11.8. The van der Waals surface area contributed by atoms with Crippen LogP contribution in [0, 0.1) is 0 Å². The molecule has 0 saturated heterocycles. The number of hydrogen-bond acceptors (Lipinski definition) is 3. The van der Waals surface area contributed by atoms with E-state index in [1.165, 1.54) is 5.56 Å². The lowest BCUT2D eigenvalue weighted by molar-refractivity contribution is 0.288. The van der Waals surface area contributed by atoms with Crippen molar-refractivity contribution in [2.45, 2.75) is 26.3 Å². The molecule has 0 aromatic heterocycles. The van der Waals surface area contributed by atoms with Crippen molar-refractivity contribution in [1.29, 1.82) is 0 Å². The first-order valence-electron chi connectivity index (χ1n) is 5.76. The van der Waals surface area contributed by atoms with Crippen molar-refractivity contribution < 1.29 is 9.47 Å². The molecular weight excluding hydrogens is 202 g/mol. The summed E-state index contributed by atoms with van der Waals surface area (Å²) >= 11 is 0. The van der Waals surface area contributed by atoms with E-state index in [0.29, 0.717) is 0 Å². The lowest BCUT2D eigenvalue weighted by Gasteiger charge is -2.12. The van der Waals surface area contributed by atoms with Crippen LogP contribution in [0.1, 0.15) is 25.3 Å². The lowest BCUT2D eigenvalue weighted by atomic mass is 10.2. The number of unbranched alkanes of at least 4 members (excludes halogenated alkanes) is 1. The predicted molar refractivity (Wildman–Crippen MR) is 66.2 cm³/mol. The molecular formula is C13H21NO2. The maximum absolute atomic E-state index is 5.70. The van der Waals surface area contributed by atoms with E-state index in [1.54, 1.807) is 7.11 Å². The van der Waals surface area contributed by atoms with Gasteiger partial charge in [0.25, 0.3) is 0 Å². The van der Waals surface area contributed by atoms with Crippen LogP contribution in [0.15, 0.2) is 18.2 Å². The minimum Gasteiger partial charge on any atom is -0.493 e. The second kappa shape index (κ2) is 7.12. The summed E-state index contributed by atoms with van der Waals surface area (Å²) in [5, 5.41) is 3.12. The second-order valence-corrected chi connectivity index (χ2v) is 3.72. The topological polar surface area (TPSA) is 30.5 Å². The summed E-state index contributed by atoms with van der Waals surface area (Å²) < 4.78 is 11.0. The molecule has 1 rings (SSSR count). The number of benzene rings is 1. The first-order chi connectivity index (χ1) is 7.81. The lowest BCUT2D eigenvalue weighted by Crippen LogP contribution is -2.06. The van der Waals surface area contributed by atoms with Gasteiger partial charge in [-0.05, 0) is 31.2 Å². The van der Waals surface area contributed by atoms with Crippen molar-refractivity contribution in [2.75, 3.05) is 20.8 Å². The Morgan fingerprint density at radius 2 is 2.06 bits per heavy atom. The Balaban J connectivity index is 2.72. The average molecular weight is 223 g/mol. The van der Waals surface area contributed by atoms with Gasteiger partial charge in [-0.15, -0.1) is 0 Å². The quantitative estimate of drug-likeness (QED) is 0.721. The molecule has 1 N–H and O–H groups in total. The Hall–Kier alpha value is -1.22. The van der Waals surface area contributed by atoms with Crippen LogP contribution in [0.25, 0.3) is 0 Å². The molecule has 90 valence electrons. The Morgan fingerprint density at radius 3 is 2.69 bits per heavy atom. The van der Waals surface area contributed by atoms with Crippen LogP contribution in [0.4, 0.5) is 0 Å². The zero-order valence-electron chi connectivity index (χ0n) is 10.4. The first kappa shape index (κ1) is 12.8. The molecule has 0 aliphatic heterocycles. The van der Waals surface area contributed by atoms with Gasteiger partial charge in [-0.3, -0.25) is 0 Å². The highest BCUT2D eigenvalue weighted by Crippen LogP contribution is 2.28. The first-order valence-corrected chi connectivity index (χ1v) is 5.76. The molecule has 0 heterocycles. The van der Waals surface area contributed by atoms with Crippen molar-refractivity contribution in [1.82, 2.24) is 5.32 Å². The fourth-order valence-corrected chi connectivity index (χ4v) is 1.47. The SMILES string of the molecule is CCCCOc1cc(CNC)ccc1OC. The van der Waals surface area contributed by atoms with Crippen LogP contribution in [0.3, 0.4) is 0 Å². The van der Waals surface area contributed by atoms with Gasteiger partial charge in [0.15, 0.2) is 11.5 Å². The zero-order valence-corrected chi connectivity index (χ0v) is 10.4. The molecule has 1 aromatic carbocycles. The average Bonchev–Trinajstić information content (AvgIpc) is 2.30. The van der Waals surface area contributed by atoms with Gasteiger partial charge in [0.2, 0.25) is 0 Å². The Bertz CT molecular complexity index is 313. The number of rotatable bonds is 7. The van der Waals surface area contributed by atoms with Gasteiger partial charge in [-0.2, -0.15) is 0 Å². The van der Waals surface area contributed by atoms with Gasteiger partial charge in [-0.1, -0.05) is 19.4 Å². The minimum atomic E-state index is 0.746. The van der Waals surface area contributed by atoms with E-state index in [-0.39, 0.29) is 0 Å². The fourth-order valence-electron chi connectivity index (χ4n) is 1.47. The smallest absolute Gasteiger partial charge is 0.161 e. The summed E-state index contributed by atoms with van der Waals surface area (Å²) in [6, 6.07) is 6.03. The van der Waals surface area contributed by atoms with Crippen LogP contribution < -0.4 is 14.8 Å². The third-order valence-corrected chi connectivity index (χ3v) is 2.36. The molecule has 3 nitrogen and oxygen atoms in total. The largest absolute Gasteiger partial charge is 0.493 e. The predicted octanol–water partition coefficient (Wildman–Crippen LogP) is 2.59. The van der Waals surface area contributed by atoms with Crippen LogP contribution in [-0.4, -0.2) is 20.8 Å². The van der Waals surface area contributed by atoms with Crippen molar-refractivity contribution in [3.05, 3.63) is 23.8 Å². The summed E-state index contributed by atoms with van der Waals surface area (Å²) in [4.78, 5) is 0. The molecule has 0 unspecified atom stereocenters. The molecule has 1 aromatic rings. The fraction of sp³-hybridized carbons (Fsp3) is 0.538. The highest BCUT2D eigenvalue weighted by atomic mass is 16.5. The maximum atomic E-state index is 5.70. The van der Waals surface area contributed by atoms with Gasteiger partial charge < -0.3 is 14.8 Å².